The lowest BCUT2D eigenvalue weighted by Crippen LogP contribution is -2.37. The third-order valence-electron chi connectivity index (χ3n) is 2.51. The van der Waals surface area contributed by atoms with Crippen LogP contribution in [-0.4, -0.2) is 21.7 Å². The molecule has 0 aromatic carbocycles. The molecule has 4 nitrogen and oxygen atoms in total. The number of hydrogen-bond acceptors (Lipinski definition) is 2. The molecule has 0 bridgehead atoms. The van der Waals surface area contributed by atoms with Crippen LogP contribution in [0.5, 0.6) is 0 Å². The van der Waals surface area contributed by atoms with Crippen LogP contribution in [0.25, 0.3) is 0 Å². The molecule has 1 amide bonds. The molecule has 0 aliphatic rings. The summed E-state index contributed by atoms with van der Waals surface area (Å²) in [6, 6.07) is 0.235. The van der Waals surface area contributed by atoms with Gasteiger partial charge in [-0.3, -0.25) is 9.48 Å². The van der Waals surface area contributed by atoms with E-state index in [0.29, 0.717) is 6.54 Å². The SMILES string of the molecule is CC[C@H](C)NC(=O)[C@H](C)Cn1cc(Br)cn1. The summed E-state index contributed by atoms with van der Waals surface area (Å²) in [6.07, 6.45) is 4.54. The molecule has 0 saturated carbocycles. The van der Waals surface area contributed by atoms with Gasteiger partial charge in [0, 0.05) is 12.2 Å². The number of nitrogens with zero attached hydrogens (tertiary/aromatic N) is 2. The van der Waals surface area contributed by atoms with Crippen LogP contribution in [0.2, 0.25) is 0 Å². The number of amides is 1. The Labute approximate surface area is 105 Å². The van der Waals surface area contributed by atoms with Crippen molar-refractivity contribution in [2.75, 3.05) is 0 Å². The summed E-state index contributed by atoms with van der Waals surface area (Å²) in [5.74, 6) is 0.0155. The number of aromatic nitrogens is 2. The van der Waals surface area contributed by atoms with Gasteiger partial charge >= 0.3 is 0 Å². The molecule has 1 heterocycles. The van der Waals surface area contributed by atoms with Gasteiger partial charge in [-0.15, -0.1) is 0 Å². The Balaban J connectivity index is 2.45. The van der Waals surface area contributed by atoms with Gasteiger partial charge in [-0.05, 0) is 29.3 Å². The van der Waals surface area contributed by atoms with E-state index in [-0.39, 0.29) is 17.9 Å². The highest BCUT2D eigenvalue weighted by Gasteiger charge is 2.15. The Morgan fingerprint density at radius 3 is 2.81 bits per heavy atom. The zero-order chi connectivity index (χ0) is 12.1. The molecule has 0 spiro atoms. The Kier molecular flexibility index (Phi) is 4.99. The third-order valence-corrected chi connectivity index (χ3v) is 2.92. The number of nitrogens with one attached hydrogen (secondary N) is 1. The fourth-order valence-electron chi connectivity index (χ4n) is 1.29. The second-order valence-corrected chi connectivity index (χ2v) is 5.02. The molecule has 1 rings (SSSR count). The second kappa shape index (κ2) is 6.03. The van der Waals surface area contributed by atoms with Crippen LogP contribution in [0.4, 0.5) is 0 Å². The van der Waals surface area contributed by atoms with E-state index >= 15 is 0 Å². The predicted octanol–water partition coefficient (Wildman–Crippen LogP) is 2.20. The molecular weight excluding hydrogens is 270 g/mol. The number of halogens is 1. The number of carbonyl (C=O) groups excluding carboxylic acids is 1. The van der Waals surface area contributed by atoms with Gasteiger partial charge < -0.3 is 5.32 Å². The van der Waals surface area contributed by atoms with Crippen LogP contribution in [0.15, 0.2) is 16.9 Å². The lowest BCUT2D eigenvalue weighted by Gasteiger charge is -2.16. The molecule has 2 atom stereocenters. The highest BCUT2D eigenvalue weighted by Crippen LogP contribution is 2.08. The van der Waals surface area contributed by atoms with E-state index in [1.54, 1.807) is 10.9 Å². The lowest BCUT2D eigenvalue weighted by atomic mass is 10.1. The molecule has 1 aromatic rings. The van der Waals surface area contributed by atoms with Crippen LogP contribution >= 0.6 is 15.9 Å². The first kappa shape index (κ1) is 13.2. The average molecular weight is 288 g/mol. The first-order chi connectivity index (χ1) is 7.52. The highest BCUT2D eigenvalue weighted by molar-refractivity contribution is 9.10. The highest BCUT2D eigenvalue weighted by atomic mass is 79.9. The van der Waals surface area contributed by atoms with Crippen molar-refractivity contribution in [3.05, 3.63) is 16.9 Å². The standard InChI is InChI=1S/C11H18BrN3O/c1-4-9(3)14-11(16)8(2)6-15-7-10(12)5-13-15/h5,7-9H,4,6H2,1-3H3,(H,14,16)/t8-,9+/m1/s1. The Bertz CT molecular complexity index is 351. The summed E-state index contributed by atoms with van der Waals surface area (Å²) in [4.78, 5) is 11.8. The fraction of sp³-hybridized carbons (Fsp3) is 0.636. The van der Waals surface area contributed by atoms with E-state index in [4.69, 9.17) is 0 Å². The van der Waals surface area contributed by atoms with Crippen molar-refractivity contribution < 1.29 is 4.79 Å². The summed E-state index contributed by atoms with van der Waals surface area (Å²) in [6.45, 7) is 6.58. The normalized spacial score (nSPS) is 14.5. The van der Waals surface area contributed by atoms with Crippen molar-refractivity contribution >= 4 is 21.8 Å². The maximum Gasteiger partial charge on any atom is 0.224 e. The van der Waals surface area contributed by atoms with Gasteiger partial charge in [0.1, 0.15) is 0 Å². The average Bonchev–Trinajstić information content (AvgIpc) is 2.63. The van der Waals surface area contributed by atoms with Crippen LogP contribution in [0.3, 0.4) is 0 Å². The number of hydrogen-bond donors (Lipinski definition) is 1. The monoisotopic (exact) mass is 287 g/mol. The van der Waals surface area contributed by atoms with E-state index in [2.05, 4.69) is 33.3 Å². The van der Waals surface area contributed by atoms with Gasteiger partial charge in [0.05, 0.1) is 23.1 Å². The minimum Gasteiger partial charge on any atom is -0.353 e. The molecule has 0 saturated heterocycles. The Hall–Kier alpha value is -0.840. The maximum absolute atomic E-state index is 11.8. The maximum atomic E-state index is 11.8. The smallest absolute Gasteiger partial charge is 0.224 e. The van der Waals surface area contributed by atoms with Crippen molar-refractivity contribution in [1.29, 1.82) is 0 Å². The molecule has 1 N–H and O–H groups in total. The van der Waals surface area contributed by atoms with E-state index < -0.39 is 0 Å². The summed E-state index contributed by atoms with van der Waals surface area (Å²) in [7, 11) is 0. The van der Waals surface area contributed by atoms with E-state index in [9.17, 15) is 4.79 Å². The zero-order valence-electron chi connectivity index (χ0n) is 9.90. The van der Waals surface area contributed by atoms with Crippen molar-refractivity contribution in [3.63, 3.8) is 0 Å². The van der Waals surface area contributed by atoms with Gasteiger partial charge in [0.2, 0.25) is 5.91 Å². The first-order valence-electron chi connectivity index (χ1n) is 5.51. The van der Waals surface area contributed by atoms with E-state index in [1.807, 2.05) is 20.0 Å². The van der Waals surface area contributed by atoms with Crippen molar-refractivity contribution in [2.24, 2.45) is 5.92 Å². The molecule has 0 fully saturated rings. The largest absolute Gasteiger partial charge is 0.353 e. The summed E-state index contributed by atoms with van der Waals surface area (Å²) in [5.41, 5.74) is 0. The van der Waals surface area contributed by atoms with Gasteiger partial charge in [-0.25, -0.2) is 0 Å². The molecule has 0 radical (unpaired) electrons. The quantitative estimate of drug-likeness (QED) is 0.903. The zero-order valence-corrected chi connectivity index (χ0v) is 11.5. The van der Waals surface area contributed by atoms with E-state index in [0.717, 1.165) is 10.9 Å². The number of rotatable bonds is 5. The van der Waals surface area contributed by atoms with E-state index in [1.165, 1.54) is 0 Å². The van der Waals surface area contributed by atoms with Crippen LogP contribution in [0, 0.1) is 5.92 Å². The molecule has 0 unspecified atom stereocenters. The molecule has 0 aliphatic carbocycles. The lowest BCUT2D eigenvalue weighted by molar-refractivity contribution is -0.125. The van der Waals surface area contributed by atoms with Gasteiger partial charge in [-0.1, -0.05) is 13.8 Å². The van der Waals surface area contributed by atoms with Crippen LogP contribution < -0.4 is 5.32 Å². The summed E-state index contributed by atoms with van der Waals surface area (Å²) in [5, 5.41) is 7.09. The molecule has 90 valence electrons. The minimum absolute atomic E-state index is 0.0687. The predicted molar refractivity (Wildman–Crippen MR) is 67.0 cm³/mol. The molecule has 1 aromatic heterocycles. The second-order valence-electron chi connectivity index (χ2n) is 4.10. The van der Waals surface area contributed by atoms with Crippen molar-refractivity contribution in [1.82, 2.24) is 15.1 Å². The topological polar surface area (TPSA) is 46.9 Å². The summed E-state index contributed by atoms with van der Waals surface area (Å²) < 4.78 is 2.70. The van der Waals surface area contributed by atoms with Gasteiger partial charge in [-0.2, -0.15) is 5.10 Å². The van der Waals surface area contributed by atoms with Crippen molar-refractivity contribution in [2.45, 2.75) is 39.8 Å². The van der Waals surface area contributed by atoms with Gasteiger partial charge in [0.25, 0.3) is 0 Å². The molecular formula is C11H18BrN3O. The first-order valence-corrected chi connectivity index (χ1v) is 6.30. The third kappa shape index (κ3) is 3.96. The van der Waals surface area contributed by atoms with Crippen LogP contribution in [0.1, 0.15) is 27.2 Å². The van der Waals surface area contributed by atoms with Crippen LogP contribution in [-0.2, 0) is 11.3 Å². The Morgan fingerprint density at radius 1 is 1.62 bits per heavy atom. The minimum atomic E-state index is -0.0687. The molecule has 0 aliphatic heterocycles. The van der Waals surface area contributed by atoms with Gasteiger partial charge in [0.15, 0.2) is 0 Å². The Morgan fingerprint density at radius 2 is 2.31 bits per heavy atom. The number of carbonyl (C=O) groups is 1. The molecule has 16 heavy (non-hydrogen) atoms. The fourth-order valence-corrected chi connectivity index (χ4v) is 1.62. The molecule has 5 heteroatoms. The van der Waals surface area contributed by atoms with Crippen molar-refractivity contribution in [3.8, 4) is 0 Å². The summed E-state index contributed by atoms with van der Waals surface area (Å²) >= 11 is 3.33.